The molecule has 3 rings (SSSR count). The van der Waals surface area contributed by atoms with Gasteiger partial charge < -0.3 is 97.3 Å². The number of aliphatic hydroxyl groups excluding tert-OH is 7. The number of thioether (sulfide) groups is 1. The van der Waals surface area contributed by atoms with Crippen LogP contribution in [0.15, 0.2) is 12.3 Å². The van der Waals surface area contributed by atoms with Crippen LogP contribution < -0.4 is 33.2 Å². The lowest BCUT2D eigenvalue weighted by Crippen LogP contribution is -2.65. The van der Waals surface area contributed by atoms with Crippen molar-refractivity contribution in [1.29, 1.82) is 0 Å². The van der Waals surface area contributed by atoms with E-state index in [1.807, 2.05) is 0 Å². The minimum Gasteiger partial charge on any atom is -0.394 e. The zero-order valence-electron chi connectivity index (χ0n) is 30.4. The summed E-state index contributed by atoms with van der Waals surface area (Å²) < 4.78 is 34.1. The van der Waals surface area contributed by atoms with Gasteiger partial charge in [0.15, 0.2) is 18.9 Å². The average Bonchev–Trinajstić information content (AvgIpc) is 3.15. The predicted molar refractivity (Wildman–Crippen MR) is 191 cm³/mol. The van der Waals surface area contributed by atoms with Crippen molar-refractivity contribution in [2.45, 2.75) is 118 Å². The highest BCUT2D eigenvalue weighted by Gasteiger charge is 2.48. The molecule has 15 unspecified atom stereocenters. The first-order valence-electron chi connectivity index (χ1n) is 17.9. The minimum atomic E-state index is -1.54. The van der Waals surface area contributed by atoms with Gasteiger partial charge in [0.1, 0.15) is 54.9 Å². The molecule has 0 aromatic heterocycles. The summed E-state index contributed by atoms with van der Waals surface area (Å²) in [5.74, 6) is 0.811. The van der Waals surface area contributed by atoms with E-state index in [-0.39, 0.29) is 31.4 Å². The number of carbonyl (C=O) groups is 2. The number of rotatable bonds is 22. The Morgan fingerprint density at radius 3 is 1.70 bits per heavy atom. The number of aliphatic hydroxyl groups is 7. The lowest BCUT2D eigenvalue weighted by atomic mass is 9.96. The van der Waals surface area contributed by atoms with Crippen LogP contribution in [0.4, 0.5) is 0 Å². The van der Waals surface area contributed by atoms with Crippen LogP contribution in [0.5, 0.6) is 0 Å². The lowest BCUT2D eigenvalue weighted by molar-refractivity contribution is -0.312. The summed E-state index contributed by atoms with van der Waals surface area (Å²) in [6.45, 7) is 3.58. The molecule has 0 radical (unpaired) electrons. The molecule has 16 N–H and O–H groups in total. The molecule has 3 fully saturated rings. The van der Waals surface area contributed by atoms with Gasteiger partial charge in [-0.25, -0.2) is 0 Å². The zero-order valence-corrected chi connectivity index (χ0v) is 31.2. The van der Waals surface area contributed by atoms with E-state index in [2.05, 4.69) is 22.5 Å². The van der Waals surface area contributed by atoms with Crippen LogP contribution >= 0.6 is 11.8 Å². The van der Waals surface area contributed by atoms with Gasteiger partial charge in [0.25, 0.3) is 0 Å². The van der Waals surface area contributed by atoms with Crippen molar-refractivity contribution < 1.29 is 73.8 Å². The van der Waals surface area contributed by atoms with Gasteiger partial charge in [0.2, 0.25) is 11.8 Å². The van der Waals surface area contributed by atoms with Crippen molar-refractivity contribution in [2.75, 3.05) is 58.1 Å². The smallest absolute Gasteiger partial charge is 0.230 e. The van der Waals surface area contributed by atoms with E-state index >= 15 is 0 Å². The molecule has 0 aromatic carbocycles. The van der Waals surface area contributed by atoms with Gasteiger partial charge >= 0.3 is 0 Å². The minimum absolute atomic E-state index is 0.121. The van der Waals surface area contributed by atoms with Crippen molar-refractivity contribution in [1.82, 2.24) is 16.0 Å². The molecule has 3 aliphatic heterocycles. The quantitative estimate of drug-likeness (QED) is 0.0453. The van der Waals surface area contributed by atoms with Crippen molar-refractivity contribution in [3.8, 4) is 0 Å². The number of nitrogens with one attached hydrogen (secondary N) is 3. The largest absolute Gasteiger partial charge is 0.394 e. The van der Waals surface area contributed by atoms with Crippen molar-refractivity contribution in [2.24, 2.45) is 17.2 Å². The van der Waals surface area contributed by atoms with Crippen molar-refractivity contribution >= 4 is 23.6 Å². The fourth-order valence-corrected chi connectivity index (χ4v) is 6.56. The van der Waals surface area contributed by atoms with E-state index < -0.39 is 105 Å². The zero-order chi connectivity index (χ0) is 39.9. The number of hydrogen-bond donors (Lipinski definition) is 13. The number of nitrogens with two attached hydrogens (primary N) is 3. The highest BCUT2D eigenvalue weighted by Crippen LogP contribution is 2.27. The SMILES string of the molecule is C=C(CCCSCC(=O)NCCC(=O)NC)NCCCOC1OC(COC2OC(COC3OC(CO)C(O)C(O)C3N)C(O)C(O)C2N)C(O)C(O)C1N. The highest BCUT2D eigenvalue weighted by atomic mass is 32.2. The summed E-state index contributed by atoms with van der Waals surface area (Å²) in [6, 6.07) is -3.54. The molecule has 0 saturated carbocycles. The molecule has 3 aliphatic rings. The molecular formula is C32H60N6O15S. The molecule has 3 heterocycles. The fraction of sp³-hybridized carbons (Fsp3) is 0.875. The van der Waals surface area contributed by atoms with Crippen molar-refractivity contribution in [3.63, 3.8) is 0 Å². The van der Waals surface area contributed by atoms with Gasteiger partial charge in [-0.2, -0.15) is 11.8 Å². The topological polar surface area (TPSA) is 345 Å². The maximum Gasteiger partial charge on any atom is 0.230 e. The Balaban J connectivity index is 1.37. The van der Waals surface area contributed by atoms with E-state index in [0.717, 1.165) is 17.9 Å². The molecule has 0 spiro atoms. The average molecular weight is 801 g/mol. The Bertz CT molecular complexity index is 1150. The molecule has 0 aromatic rings. The molecule has 15 atom stereocenters. The molecule has 21 nitrogen and oxygen atoms in total. The number of carbonyl (C=O) groups excluding carboxylic acids is 2. The number of ether oxygens (including phenoxy) is 6. The lowest BCUT2D eigenvalue weighted by Gasteiger charge is -2.44. The summed E-state index contributed by atoms with van der Waals surface area (Å²) in [5, 5.41) is 80.5. The third-order valence-electron chi connectivity index (χ3n) is 9.21. The molecule has 22 heteroatoms. The van der Waals surface area contributed by atoms with E-state index in [0.29, 0.717) is 31.7 Å². The van der Waals surface area contributed by atoms with Gasteiger partial charge in [-0.3, -0.25) is 9.59 Å². The van der Waals surface area contributed by atoms with E-state index in [9.17, 15) is 45.3 Å². The maximum atomic E-state index is 11.8. The Hall–Kier alpha value is -1.81. The second-order valence-electron chi connectivity index (χ2n) is 13.3. The van der Waals surface area contributed by atoms with Gasteiger partial charge in [0, 0.05) is 32.3 Å². The monoisotopic (exact) mass is 800 g/mol. The summed E-state index contributed by atoms with van der Waals surface area (Å²) in [4.78, 5) is 23.0. The Labute approximate surface area is 318 Å². The molecule has 0 bridgehead atoms. The maximum absolute atomic E-state index is 11.8. The van der Waals surface area contributed by atoms with E-state index in [4.69, 9.17) is 45.6 Å². The second kappa shape index (κ2) is 23.4. The van der Waals surface area contributed by atoms with E-state index in [1.54, 1.807) is 7.05 Å². The molecule has 2 amide bonds. The Morgan fingerprint density at radius 2 is 1.19 bits per heavy atom. The summed E-state index contributed by atoms with van der Waals surface area (Å²) in [7, 11) is 1.54. The third kappa shape index (κ3) is 13.7. The Kier molecular flexibility index (Phi) is 20.2. The Morgan fingerprint density at radius 1 is 0.685 bits per heavy atom. The molecule has 54 heavy (non-hydrogen) atoms. The van der Waals surface area contributed by atoms with Crippen LogP contribution in [0.1, 0.15) is 25.7 Å². The van der Waals surface area contributed by atoms with Crippen LogP contribution in [0, 0.1) is 0 Å². The van der Waals surface area contributed by atoms with Crippen molar-refractivity contribution in [3.05, 3.63) is 12.3 Å². The normalized spacial score (nSPS) is 37.1. The number of allylic oxidation sites excluding steroid dienone is 1. The van der Waals surface area contributed by atoms with E-state index in [1.165, 1.54) is 11.8 Å². The third-order valence-corrected chi connectivity index (χ3v) is 10.2. The summed E-state index contributed by atoms with van der Waals surface area (Å²) in [5.41, 5.74) is 18.8. The summed E-state index contributed by atoms with van der Waals surface area (Å²) in [6.07, 6.45) is -14.0. The molecule has 314 valence electrons. The molecule has 0 aliphatic carbocycles. The first-order chi connectivity index (χ1) is 25.7. The molecule has 3 saturated heterocycles. The highest BCUT2D eigenvalue weighted by molar-refractivity contribution is 7.99. The van der Waals surface area contributed by atoms with Gasteiger partial charge in [-0.1, -0.05) is 6.58 Å². The second-order valence-corrected chi connectivity index (χ2v) is 14.4. The first kappa shape index (κ1) is 46.6. The van der Waals surface area contributed by atoms with Crippen LogP contribution in [0.3, 0.4) is 0 Å². The standard InChI is InChI=1S/C32H60N6O15S/c1-15(5-3-10-54-14-20(41)38-8-6-19(40)36-2)37-7-4-9-48-30-21(33)28(46)25(43)17(52-30)12-50-32-23(35)29(47)26(44)18(53-32)13-49-31-22(34)27(45)24(42)16(11-39)51-31/h16-18,21-32,37,39,42-47H,1,3-14,33-35H2,2H3,(H,36,40)(H,38,41). The predicted octanol–water partition coefficient (Wildman–Crippen LogP) is -6.39. The van der Waals surface area contributed by atoms with Gasteiger partial charge in [-0.05, 0) is 25.0 Å². The van der Waals surface area contributed by atoms with Gasteiger partial charge in [0.05, 0.1) is 50.3 Å². The fourth-order valence-electron chi connectivity index (χ4n) is 5.78. The first-order valence-corrected chi connectivity index (χ1v) is 19.1. The van der Waals surface area contributed by atoms with Crippen LogP contribution in [-0.4, -0.2) is 198 Å². The molecular weight excluding hydrogens is 740 g/mol. The van der Waals surface area contributed by atoms with Crippen LogP contribution in [0.25, 0.3) is 0 Å². The number of amides is 2. The number of hydrogen-bond acceptors (Lipinski definition) is 20. The summed E-state index contributed by atoms with van der Waals surface area (Å²) >= 11 is 1.49. The van der Waals surface area contributed by atoms with Gasteiger partial charge in [-0.15, -0.1) is 0 Å². The van der Waals surface area contributed by atoms with Crippen LogP contribution in [-0.2, 0) is 38.0 Å². The van der Waals surface area contributed by atoms with Crippen LogP contribution in [0.2, 0.25) is 0 Å².